The Labute approximate surface area is 142 Å². The maximum Gasteiger partial charge on any atom is 0.223 e. The van der Waals surface area contributed by atoms with Gasteiger partial charge in [0.15, 0.2) is 5.76 Å². The molecule has 0 saturated heterocycles. The van der Waals surface area contributed by atoms with Crippen LogP contribution < -0.4 is 5.32 Å². The summed E-state index contributed by atoms with van der Waals surface area (Å²) in [5, 5.41) is 6.95. The lowest BCUT2D eigenvalue weighted by molar-refractivity contribution is -0.122. The number of aryl methyl sites for hydroxylation is 1. The molecule has 1 amide bonds. The van der Waals surface area contributed by atoms with Gasteiger partial charge >= 0.3 is 0 Å². The van der Waals surface area contributed by atoms with Crippen molar-refractivity contribution in [1.82, 2.24) is 20.4 Å². The van der Waals surface area contributed by atoms with Crippen molar-refractivity contribution in [2.24, 2.45) is 11.8 Å². The van der Waals surface area contributed by atoms with Crippen LogP contribution in [0.5, 0.6) is 0 Å². The molecule has 0 unspecified atom stereocenters. The molecule has 1 saturated carbocycles. The molecule has 3 rings (SSSR count). The summed E-state index contributed by atoms with van der Waals surface area (Å²) in [6.07, 6.45) is 3.44. The van der Waals surface area contributed by atoms with Crippen molar-refractivity contribution in [1.29, 1.82) is 0 Å². The highest BCUT2D eigenvalue weighted by Gasteiger charge is 2.38. The zero-order chi connectivity index (χ0) is 17.3. The first-order valence-corrected chi connectivity index (χ1v) is 8.53. The first-order chi connectivity index (χ1) is 11.5. The quantitative estimate of drug-likeness (QED) is 0.882. The normalized spacial score (nSPS) is 19.5. The number of nitrogens with zero attached hydrogens (tertiary/aromatic N) is 3. The van der Waals surface area contributed by atoms with E-state index in [1.54, 1.807) is 6.20 Å². The molecule has 2 aromatic rings. The van der Waals surface area contributed by atoms with E-state index in [1.165, 1.54) is 0 Å². The molecule has 1 aliphatic rings. The molecule has 1 fully saturated rings. The summed E-state index contributed by atoms with van der Waals surface area (Å²) >= 11 is 0. The highest BCUT2D eigenvalue weighted by Crippen LogP contribution is 2.37. The zero-order valence-electron chi connectivity index (χ0n) is 14.7. The van der Waals surface area contributed by atoms with Crippen LogP contribution in [0.25, 0.3) is 11.3 Å². The van der Waals surface area contributed by atoms with Crippen molar-refractivity contribution in [3.8, 4) is 11.3 Å². The molecule has 0 spiro atoms. The highest BCUT2D eigenvalue weighted by atomic mass is 16.5. The molecule has 0 aliphatic heterocycles. The number of aromatic nitrogens is 3. The number of amides is 1. The van der Waals surface area contributed by atoms with Gasteiger partial charge in [-0.2, -0.15) is 0 Å². The molecule has 2 atom stereocenters. The van der Waals surface area contributed by atoms with Gasteiger partial charge in [-0.3, -0.25) is 4.79 Å². The summed E-state index contributed by atoms with van der Waals surface area (Å²) in [5.74, 6) is 2.57. The molecule has 128 valence electrons. The lowest BCUT2D eigenvalue weighted by Gasteiger charge is -2.11. The molecule has 0 radical (unpaired) electrons. The van der Waals surface area contributed by atoms with E-state index in [4.69, 9.17) is 4.52 Å². The zero-order valence-corrected chi connectivity index (χ0v) is 14.7. The van der Waals surface area contributed by atoms with Gasteiger partial charge in [-0.1, -0.05) is 25.9 Å². The van der Waals surface area contributed by atoms with E-state index >= 15 is 0 Å². The molecule has 24 heavy (non-hydrogen) atoms. The second kappa shape index (κ2) is 6.71. The summed E-state index contributed by atoms with van der Waals surface area (Å²) in [7, 11) is 0. The molecular formula is C18H24N4O2. The number of hydrogen-bond acceptors (Lipinski definition) is 5. The largest absolute Gasteiger partial charge is 0.356 e. The molecule has 0 aromatic carbocycles. The van der Waals surface area contributed by atoms with Crippen LogP contribution in [0.15, 0.2) is 16.8 Å². The van der Waals surface area contributed by atoms with Crippen molar-refractivity contribution in [3.05, 3.63) is 29.5 Å². The Hall–Kier alpha value is -2.24. The number of carbonyl (C=O) groups excluding carboxylic acids is 1. The van der Waals surface area contributed by atoms with Crippen LogP contribution in [0.2, 0.25) is 0 Å². The van der Waals surface area contributed by atoms with Gasteiger partial charge in [-0.25, -0.2) is 9.97 Å². The van der Waals surface area contributed by atoms with Crippen LogP contribution >= 0.6 is 0 Å². The Balaban J connectivity index is 1.75. The maximum absolute atomic E-state index is 12.0. The SMILES string of the molecule is Cc1cc(-c2cnc(C(C)C)nc2CCNC(=O)[C@@H]2C[C@H]2C)on1. The number of hydrogen-bond donors (Lipinski definition) is 1. The van der Waals surface area contributed by atoms with Crippen LogP contribution in [0.4, 0.5) is 0 Å². The summed E-state index contributed by atoms with van der Waals surface area (Å²) in [5.41, 5.74) is 2.54. The minimum atomic E-state index is 0.151. The molecule has 6 heteroatoms. The van der Waals surface area contributed by atoms with Crippen LogP contribution in [-0.2, 0) is 11.2 Å². The van der Waals surface area contributed by atoms with Crippen molar-refractivity contribution in [2.45, 2.75) is 46.5 Å². The second-order valence-electron chi connectivity index (χ2n) is 6.94. The molecular weight excluding hydrogens is 304 g/mol. The third-order valence-corrected chi connectivity index (χ3v) is 4.40. The van der Waals surface area contributed by atoms with Crippen molar-refractivity contribution in [3.63, 3.8) is 0 Å². The van der Waals surface area contributed by atoms with Crippen LogP contribution in [0.3, 0.4) is 0 Å². The van der Waals surface area contributed by atoms with Gasteiger partial charge in [0.2, 0.25) is 5.91 Å². The highest BCUT2D eigenvalue weighted by molar-refractivity contribution is 5.81. The fourth-order valence-electron chi connectivity index (χ4n) is 2.72. The topological polar surface area (TPSA) is 80.9 Å². The monoisotopic (exact) mass is 328 g/mol. The van der Waals surface area contributed by atoms with Crippen LogP contribution in [-0.4, -0.2) is 27.6 Å². The maximum atomic E-state index is 12.0. The number of rotatable bonds is 6. The van der Waals surface area contributed by atoms with Gasteiger partial charge in [-0.05, 0) is 19.3 Å². The Bertz CT molecular complexity index is 738. The average molecular weight is 328 g/mol. The van der Waals surface area contributed by atoms with Crippen LogP contribution in [0, 0.1) is 18.8 Å². The standard InChI is InChI=1S/C18H24N4O2/c1-10(2)17-20-9-14(16-8-12(4)22-24-16)15(21-17)5-6-19-18(23)13-7-11(13)3/h8-11,13H,5-7H2,1-4H3,(H,19,23)/t11-,13-/m1/s1. The van der Waals surface area contributed by atoms with Gasteiger partial charge in [0.25, 0.3) is 0 Å². The average Bonchev–Trinajstić information content (AvgIpc) is 3.12. The smallest absolute Gasteiger partial charge is 0.223 e. The fraction of sp³-hybridized carbons (Fsp3) is 0.556. The summed E-state index contributed by atoms with van der Waals surface area (Å²) in [4.78, 5) is 21.1. The van der Waals surface area contributed by atoms with E-state index in [0.29, 0.717) is 24.6 Å². The predicted octanol–water partition coefficient (Wildman–Crippen LogP) is 2.88. The summed E-state index contributed by atoms with van der Waals surface area (Å²) in [6.45, 7) is 8.68. The molecule has 6 nitrogen and oxygen atoms in total. The van der Waals surface area contributed by atoms with Gasteiger partial charge < -0.3 is 9.84 Å². The molecule has 1 N–H and O–H groups in total. The van der Waals surface area contributed by atoms with Gasteiger partial charge in [0, 0.05) is 37.1 Å². The van der Waals surface area contributed by atoms with E-state index in [0.717, 1.165) is 29.2 Å². The van der Waals surface area contributed by atoms with Crippen molar-refractivity contribution in [2.75, 3.05) is 6.54 Å². The first kappa shape index (κ1) is 16.6. The Kier molecular flexibility index (Phi) is 4.64. The van der Waals surface area contributed by atoms with E-state index in [1.807, 2.05) is 13.0 Å². The van der Waals surface area contributed by atoms with Crippen LogP contribution in [0.1, 0.15) is 50.3 Å². The number of carbonyl (C=O) groups is 1. The molecule has 1 aliphatic carbocycles. The molecule has 0 bridgehead atoms. The first-order valence-electron chi connectivity index (χ1n) is 8.53. The lowest BCUT2D eigenvalue weighted by Crippen LogP contribution is -2.28. The fourth-order valence-corrected chi connectivity index (χ4v) is 2.72. The van der Waals surface area contributed by atoms with E-state index in [-0.39, 0.29) is 17.7 Å². The predicted molar refractivity (Wildman–Crippen MR) is 90.3 cm³/mol. The van der Waals surface area contributed by atoms with Gasteiger partial charge in [0.1, 0.15) is 5.82 Å². The van der Waals surface area contributed by atoms with Gasteiger partial charge in [-0.15, -0.1) is 0 Å². The van der Waals surface area contributed by atoms with E-state index in [9.17, 15) is 4.79 Å². The second-order valence-corrected chi connectivity index (χ2v) is 6.94. The van der Waals surface area contributed by atoms with Gasteiger partial charge in [0.05, 0.1) is 17.0 Å². The molecule has 2 aromatic heterocycles. The third kappa shape index (κ3) is 3.63. The Morgan fingerprint density at radius 2 is 2.21 bits per heavy atom. The molecule has 2 heterocycles. The van der Waals surface area contributed by atoms with Crippen molar-refractivity contribution < 1.29 is 9.32 Å². The van der Waals surface area contributed by atoms with E-state index in [2.05, 4.69) is 41.2 Å². The lowest BCUT2D eigenvalue weighted by atomic mass is 10.1. The van der Waals surface area contributed by atoms with Crippen molar-refractivity contribution >= 4 is 5.91 Å². The summed E-state index contributed by atoms with van der Waals surface area (Å²) < 4.78 is 5.36. The third-order valence-electron chi connectivity index (χ3n) is 4.40. The summed E-state index contributed by atoms with van der Waals surface area (Å²) in [6, 6.07) is 1.88. The minimum absolute atomic E-state index is 0.151. The van der Waals surface area contributed by atoms with E-state index < -0.39 is 0 Å². The Morgan fingerprint density at radius 3 is 2.79 bits per heavy atom. The number of nitrogens with one attached hydrogen (secondary N) is 1. The minimum Gasteiger partial charge on any atom is -0.356 e. The Morgan fingerprint density at radius 1 is 1.46 bits per heavy atom.